The molecule has 0 saturated carbocycles. The highest BCUT2D eigenvalue weighted by molar-refractivity contribution is 8.13. The molecular weight excluding hydrogens is 288 g/mol. The van der Waals surface area contributed by atoms with Crippen molar-refractivity contribution in [2.45, 2.75) is 31.6 Å². The van der Waals surface area contributed by atoms with Gasteiger partial charge >= 0.3 is 0 Å². The summed E-state index contributed by atoms with van der Waals surface area (Å²) < 4.78 is 24.9. The summed E-state index contributed by atoms with van der Waals surface area (Å²) in [5.74, 6) is 0.473. The molecule has 19 heavy (non-hydrogen) atoms. The van der Waals surface area contributed by atoms with Crippen molar-refractivity contribution in [3.8, 4) is 5.82 Å². The Kier molecular flexibility index (Phi) is 3.86. The molecule has 6 nitrogen and oxygen atoms in total. The van der Waals surface area contributed by atoms with E-state index in [0.717, 1.165) is 0 Å². The predicted molar refractivity (Wildman–Crippen MR) is 70.9 cm³/mol. The molecule has 0 aliphatic carbocycles. The Balaban J connectivity index is 2.75. The molecule has 2 heterocycles. The van der Waals surface area contributed by atoms with Crippen LogP contribution in [-0.4, -0.2) is 28.4 Å². The topological polar surface area (TPSA) is 77.7 Å². The molecule has 0 atom stereocenters. The minimum absolute atomic E-state index is 0.0878. The van der Waals surface area contributed by atoms with E-state index in [0.29, 0.717) is 30.0 Å². The molecule has 2 rings (SSSR count). The van der Waals surface area contributed by atoms with E-state index in [9.17, 15) is 8.42 Å². The fourth-order valence-electron chi connectivity index (χ4n) is 1.91. The van der Waals surface area contributed by atoms with Crippen LogP contribution in [-0.2, 0) is 21.9 Å². The van der Waals surface area contributed by atoms with Crippen LogP contribution in [0.25, 0.3) is 5.82 Å². The lowest BCUT2D eigenvalue weighted by atomic mass is 10.2. The van der Waals surface area contributed by atoms with Gasteiger partial charge in [-0.25, -0.2) is 13.1 Å². The summed E-state index contributed by atoms with van der Waals surface area (Å²) in [5.41, 5.74) is 0.963. The molecule has 0 radical (unpaired) electrons. The summed E-state index contributed by atoms with van der Waals surface area (Å²) in [6.45, 7) is 3.67. The molecule has 2 aromatic rings. The minimum atomic E-state index is -3.83. The molecule has 102 valence electrons. The third kappa shape index (κ3) is 2.62. The van der Waals surface area contributed by atoms with Crippen LogP contribution < -0.4 is 0 Å². The molecule has 0 aromatic carbocycles. The van der Waals surface area contributed by atoms with Crippen LogP contribution in [0.1, 0.15) is 25.2 Å². The van der Waals surface area contributed by atoms with Crippen LogP contribution in [0, 0.1) is 0 Å². The summed E-state index contributed by atoms with van der Waals surface area (Å²) in [5, 5.41) is 12.0. The quantitative estimate of drug-likeness (QED) is 0.803. The Morgan fingerprint density at radius 1 is 1.32 bits per heavy atom. The Bertz CT molecular complexity index is 682. The van der Waals surface area contributed by atoms with Crippen molar-refractivity contribution < 1.29 is 8.42 Å². The number of rotatable bonds is 4. The van der Waals surface area contributed by atoms with Gasteiger partial charge in [0.15, 0.2) is 5.82 Å². The molecule has 2 aromatic heterocycles. The van der Waals surface area contributed by atoms with Gasteiger partial charge in [0.05, 0.1) is 11.4 Å². The molecule has 0 bridgehead atoms. The van der Waals surface area contributed by atoms with E-state index in [-0.39, 0.29) is 4.90 Å². The van der Waals surface area contributed by atoms with Gasteiger partial charge in [0.2, 0.25) is 0 Å². The largest absolute Gasteiger partial charge is 0.265 e. The van der Waals surface area contributed by atoms with Crippen molar-refractivity contribution in [3.63, 3.8) is 0 Å². The maximum absolute atomic E-state index is 11.7. The van der Waals surface area contributed by atoms with Crippen LogP contribution in [0.4, 0.5) is 0 Å². The number of aryl methyl sites for hydroxylation is 1. The maximum Gasteiger partial charge on any atom is 0.265 e. The van der Waals surface area contributed by atoms with Gasteiger partial charge in [-0.05, 0) is 25.0 Å². The van der Waals surface area contributed by atoms with Gasteiger partial charge in [-0.1, -0.05) is 13.8 Å². The standard InChI is InChI=1S/C11H13ClN4O2S/c1-3-8-11(19(12,17)18)9(4-2)16(15-8)10-6-5-7-13-14-10/h5-7H,3-4H2,1-2H3. The number of halogens is 1. The second-order valence-corrected chi connectivity index (χ2v) is 6.36. The van der Waals surface area contributed by atoms with E-state index < -0.39 is 9.05 Å². The maximum atomic E-state index is 11.7. The Morgan fingerprint density at radius 2 is 2.05 bits per heavy atom. The van der Waals surface area contributed by atoms with Gasteiger partial charge in [-0.3, -0.25) is 0 Å². The third-order valence-corrected chi connectivity index (χ3v) is 4.11. The predicted octanol–water partition coefficient (Wildman–Crippen LogP) is 1.71. The average molecular weight is 301 g/mol. The van der Waals surface area contributed by atoms with Crippen LogP contribution in [0.3, 0.4) is 0 Å². The first-order valence-corrected chi connectivity index (χ1v) is 8.13. The van der Waals surface area contributed by atoms with E-state index in [1.54, 1.807) is 18.3 Å². The average Bonchev–Trinajstić information content (AvgIpc) is 2.78. The Hall–Kier alpha value is -1.47. The Morgan fingerprint density at radius 3 is 2.53 bits per heavy atom. The molecular formula is C11H13ClN4O2S. The first-order valence-electron chi connectivity index (χ1n) is 5.82. The second-order valence-electron chi connectivity index (χ2n) is 3.86. The highest BCUT2D eigenvalue weighted by Crippen LogP contribution is 2.26. The summed E-state index contributed by atoms with van der Waals surface area (Å²) in [4.78, 5) is 0.0878. The number of hydrogen-bond acceptors (Lipinski definition) is 5. The van der Waals surface area contributed by atoms with Gasteiger partial charge in [0.1, 0.15) is 4.90 Å². The molecule has 0 spiro atoms. The van der Waals surface area contributed by atoms with Crippen LogP contribution in [0.15, 0.2) is 23.2 Å². The zero-order valence-corrected chi connectivity index (χ0v) is 12.1. The van der Waals surface area contributed by atoms with Gasteiger partial charge in [-0.2, -0.15) is 10.2 Å². The smallest absolute Gasteiger partial charge is 0.216 e. The number of hydrogen-bond donors (Lipinski definition) is 0. The monoisotopic (exact) mass is 300 g/mol. The lowest BCUT2D eigenvalue weighted by molar-refractivity contribution is 0.607. The molecule has 8 heteroatoms. The minimum Gasteiger partial charge on any atom is -0.216 e. The van der Waals surface area contributed by atoms with Crippen molar-refractivity contribution in [2.75, 3.05) is 0 Å². The first kappa shape index (κ1) is 14.0. The van der Waals surface area contributed by atoms with E-state index in [2.05, 4.69) is 15.3 Å². The van der Waals surface area contributed by atoms with Crippen molar-refractivity contribution in [1.29, 1.82) is 0 Å². The SMILES string of the molecule is CCc1nn(-c2cccnn2)c(CC)c1S(=O)(=O)Cl. The van der Waals surface area contributed by atoms with Crippen LogP contribution >= 0.6 is 10.7 Å². The van der Waals surface area contributed by atoms with Crippen molar-refractivity contribution >= 4 is 19.7 Å². The molecule has 0 aliphatic rings. The van der Waals surface area contributed by atoms with Gasteiger partial charge in [0.25, 0.3) is 9.05 Å². The number of nitrogens with zero attached hydrogens (tertiary/aromatic N) is 4. The zero-order chi connectivity index (χ0) is 14.0. The Labute approximate surface area is 115 Å². The van der Waals surface area contributed by atoms with Gasteiger partial charge < -0.3 is 0 Å². The lowest BCUT2D eigenvalue weighted by Gasteiger charge is -2.04. The van der Waals surface area contributed by atoms with E-state index in [1.165, 1.54) is 4.68 Å². The highest BCUT2D eigenvalue weighted by atomic mass is 35.7. The van der Waals surface area contributed by atoms with Crippen molar-refractivity contribution in [1.82, 2.24) is 20.0 Å². The van der Waals surface area contributed by atoms with E-state index in [1.807, 2.05) is 13.8 Å². The molecule has 0 unspecified atom stereocenters. The zero-order valence-electron chi connectivity index (χ0n) is 10.5. The van der Waals surface area contributed by atoms with E-state index >= 15 is 0 Å². The van der Waals surface area contributed by atoms with Crippen LogP contribution in [0.5, 0.6) is 0 Å². The molecule has 0 N–H and O–H groups in total. The third-order valence-electron chi connectivity index (χ3n) is 2.69. The summed E-state index contributed by atoms with van der Waals surface area (Å²) >= 11 is 0. The summed E-state index contributed by atoms with van der Waals surface area (Å²) in [6.07, 6.45) is 2.49. The fourth-order valence-corrected chi connectivity index (χ4v) is 3.42. The fraction of sp³-hybridized carbons (Fsp3) is 0.364. The van der Waals surface area contributed by atoms with Crippen molar-refractivity contribution in [3.05, 3.63) is 29.7 Å². The molecule has 0 fully saturated rings. The van der Waals surface area contributed by atoms with E-state index in [4.69, 9.17) is 10.7 Å². The second kappa shape index (κ2) is 5.26. The summed E-state index contributed by atoms with van der Waals surface area (Å²) in [6, 6.07) is 3.42. The van der Waals surface area contributed by atoms with Gasteiger partial charge in [-0.15, -0.1) is 5.10 Å². The van der Waals surface area contributed by atoms with Crippen molar-refractivity contribution in [2.24, 2.45) is 0 Å². The molecule has 0 saturated heterocycles. The first-order chi connectivity index (χ1) is 8.99. The summed E-state index contributed by atoms with van der Waals surface area (Å²) in [7, 11) is 1.68. The molecule has 0 aliphatic heterocycles. The number of aromatic nitrogens is 4. The highest BCUT2D eigenvalue weighted by Gasteiger charge is 2.26. The normalized spacial score (nSPS) is 11.7. The lowest BCUT2D eigenvalue weighted by Crippen LogP contribution is -2.06. The molecule has 0 amide bonds. The van der Waals surface area contributed by atoms with Crippen LogP contribution in [0.2, 0.25) is 0 Å². The van der Waals surface area contributed by atoms with Gasteiger partial charge in [0, 0.05) is 16.9 Å².